The number of nitrogens with one attached hydrogen (secondary N) is 1. The Kier molecular flexibility index (Phi) is 6.71. The van der Waals surface area contributed by atoms with E-state index in [0.717, 1.165) is 5.75 Å². The molecule has 3 rings (SSSR count). The number of ether oxygens (including phenoxy) is 1. The Labute approximate surface area is 164 Å². The quantitative estimate of drug-likeness (QED) is 0.579. The third kappa shape index (κ3) is 5.82. The van der Waals surface area contributed by atoms with E-state index in [1.165, 1.54) is 6.26 Å². The normalized spacial score (nSPS) is 20.9. The summed E-state index contributed by atoms with van der Waals surface area (Å²) >= 11 is 0. The number of nitrogens with zero attached hydrogens (tertiary/aromatic N) is 1. The number of hydrogen-bond donors (Lipinski definition) is 2. The molecule has 152 valence electrons. The van der Waals surface area contributed by atoms with Crippen LogP contribution in [0.2, 0.25) is 0 Å². The van der Waals surface area contributed by atoms with Crippen molar-refractivity contribution in [3.05, 3.63) is 54.5 Å². The summed E-state index contributed by atoms with van der Waals surface area (Å²) in [4.78, 5) is 14.0. The summed E-state index contributed by atoms with van der Waals surface area (Å²) in [6.07, 6.45) is 0.477. The lowest BCUT2D eigenvalue weighted by Crippen LogP contribution is -2.47. The van der Waals surface area contributed by atoms with Crippen LogP contribution in [0, 0.1) is 0 Å². The monoisotopic (exact) mass is 408 g/mol. The largest absolute Gasteiger partial charge is 0.492 e. The number of para-hydroxylation sites is 1. The van der Waals surface area contributed by atoms with Gasteiger partial charge in [-0.3, -0.25) is 9.69 Å². The molecule has 1 saturated heterocycles. The van der Waals surface area contributed by atoms with Crippen molar-refractivity contribution in [1.82, 2.24) is 10.2 Å². The molecule has 0 unspecified atom stereocenters. The van der Waals surface area contributed by atoms with Gasteiger partial charge in [-0.05, 0) is 24.3 Å². The summed E-state index contributed by atoms with van der Waals surface area (Å²) in [5, 5.41) is 12.9. The van der Waals surface area contributed by atoms with Gasteiger partial charge in [0, 0.05) is 0 Å². The van der Waals surface area contributed by atoms with Crippen molar-refractivity contribution in [3.63, 3.8) is 0 Å². The lowest BCUT2D eigenvalue weighted by molar-refractivity contribution is -0.123. The first-order valence-electron chi connectivity index (χ1n) is 9.02. The molecule has 0 saturated carbocycles. The molecule has 2 atom stereocenters. The van der Waals surface area contributed by atoms with Crippen LogP contribution in [0.25, 0.3) is 0 Å². The molecule has 8 nitrogen and oxygen atoms in total. The highest BCUT2D eigenvalue weighted by Crippen LogP contribution is 2.20. The van der Waals surface area contributed by atoms with E-state index in [-0.39, 0.29) is 30.5 Å². The molecule has 0 aliphatic carbocycles. The van der Waals surface area contributed by atoms with Crippen LogP contribution in [0.1, 0.15) is 5.76 Å². The summed E-state index contributed by atoms with van der Waals surface area (Å²) < 4.78 is 34.6. The standard InChI is InChI=1S/C19H24N2O6S/c22-18-14-28(24,25)13-17(18)21(11-16-7-4-9-26-16)12-19(23)20-8-10-27-15-5-2-1-3-6-15/h1-7,9,17-18,22H,8,10-14H2,(H,20,23)/t17-,18-/m0/s1. The summed E-state index contributed by atoms with van der Waals surface area (Å²) in [5.41, 5.74) is 0. The van der Waals surface area contributed by atoms with Crippen molar-refractivity contribution in [2.24, 2.45) is 0 Å². The first-order valence-corrected chi connectivity index (χ1v) is 10.8. The number of sulfone groups is 1. The van der Waals surface area contributed by atoms with Gasteiger partial charge in [0.05, 0.1) is 49.5 Å². The van der Waals surface area contributed by atoms with Crippen molar-refractivity contribution in [1.29, 1.82) is 0 Å². The van der Waals surface area contributed by atoms with Gasteiger partial charge < -0.3 is 19.6 Å². The maximum absolute atomic E-state index is 12.3. The first-order chi connectivity index (χ1) is 13.4. The second-order valence-corrected chi connectivity index (χ2v) is 8.86. The lowest BCUT2D eigenvalue weighted by Gasteiger charge is -2.28. The van der Waals surface area contributed by atoms with Crippen LogP contribution in [-0.2, 0) is 21.2 Å². The van der Waals surface area contributed by atoms with E-state index in [2.05, 4.69) is 5.32 Å². The molecule has 2 heterocycles. The fraction of sp³-hybridized carbons (Fsp3) is 0.421. The third-order valence-corrected chi connectivity index (χ3v) is 6.18. The van der Waals surface area contributed by atoms with E-state index < -0.39 is 22.0 Å². The minimum absolute atomic E-state index is 0.0523. The maximum Gasteiger partial charge on any atom is 0.234 e. The van der Waals surface area contributed by atoms with Gasteiger partial charge >= 0.3 is 0 Å². The molecule has 2 aromatic rings. The molecule has 28 heavy (non-hydrogen) atoms. The minimum atomic E-state index is -3.33. The molecular weight excluding hydrogens is 384 g/mol. The second-order valence-electron chi connectivity index (χ2n) is 6.71. The lowest BCUT2D eigenvalue weighted by atomic mass is 10.1. The van der Waals surface area contributed by atoms with Gasteiger partial charge in [0.15, 0.2) is 9.84 Å². The fourth-order valence-electron chi connectivity index (χ4n) is 3.17. The molecule has 0 radical (unpaired) electrons. The Morgan fingerprint density at radius 3 is 2.64 bits per heavy atom. The number of furan rings is 1. The van der Waals surface area contributed by atoms with Gasteiger partial charge in [-0.1, -0.05) is 18.2 Å². The molecule has 1 aromatic carbocycles. The number of carbonyl (C=O) groups excluding carboxylic acids is 1. The predicted molar refractivity (Wildman–Crippen MR) is 103 cm³/mol. The first kappa shape index (κ1) is 20.4. The van der Waals surface area contributed by atoms with Crippen LogP contribution in [0.15, 0.2) is 53.1 Å². The molecule has 1 aliphatic heterocycles. The van der Waals surface area contributed by atoms with Crippen LogP contribution in [0.3, 0.4) is 0 Å². The van der Waals surface area contributed by atoms with Gasteiger partial charge in [-0.15, -0.1) is 0 Å². The zero-order valence-electron chi connectivity index (χ0n) is 15.4. The number of hydrogen-bond acceptors (Lipinski definition) is 7. The Bertz CT molecular complexity index is 854. The van der Waals surface area contributed by atoms with Crippen LogP contribution in [0.4, 0.5) is 0 Å². The smallest absolute Gasteiger partial charge is 0.234 e. The van der Waals surface area contributed by atoms with Gasteiger partial charge in [0.2, 0.25) is 5.91 Å². The van der Waals surface area contributed by atoms with E-state index in [1.54, 1.807) is 17.0 Å². The number of aliphatic hydroxyl groups is 1. The third-order valence-electron chi connectivity index (χ3n) is 4.48. The fourth-order valence-corrected chi connectivity index (χ4v) is 5.00. The number of aliphatic hydroxyl groups excluding tert-OH is 1. The Morgan fingerprint density at radius 1 is 1.21 bits per heavy atom. The number of amides is 1. The highest BCUT2D eigenvalue weighted by atomic mass is 32.2. The van der Waals surface area contributed by atoms with E-state index in [4.69, 9.17) is 9.15 Å². The molecule has 9 heteroatoms. The molecule has 1 aliphatic rings. The van der Waals surface area contributed by atoms with Gasteiger partial charge in [0.1, 0.15) is 18.1 Å². The van der Waals surface area contributed by atoms with Crippen molar-refractivity contribution in [2.75, 3.05) is 31.2 Å². The number of carbonyl (C=O) groups is 1. The zero-order valence-corrected chi connectivity index (χ0v) is 16.2. The molecule has 1 aromatic heterocycles. The predicted octanol–water partition coefficient (Wildman–Crippen LogP) is 0.435. The van der Waals surface area contributed by atoms with Gasteiger partial charge in [-0.25, -0.2) is 8.42 Å². The van der Waals surface area contributed by atoms with E-state index in [0.29, 0.717) is 18.9 Å². The van der Waals surface area contributed by atoms with Crippen LogP contribution in [-0.4, -0.2) is 67.7 Å². The summed E-state index contributed by atoms with van der Waals surface area (Å²) in [6, 6.07) is 12.1. The molecular formula is C19H24N2O6S. The van der Waals surface area contributed by atoms with Crippen molar-refractivity contribution >= 4 is 15.7 Å². The highest BCUT2D eigenvalue weighted by Gasteiger charge is 2.40. The topological polar surface area (TPSA) is 109 Å². The van der Waals surface area contributed by atoms with E-state index in [1.807, 2.05) is 30.3 Å². The van der Waals surface area contributed by atoms with E-state index in [9.17, 15) is 18.3 Å². The Balaban J connectivity index is 1.53. The number of benzene rings is 1. The molecule has 0 spiro atoms. The summed E-state index contributed by atoms with van der Waals surface area (Å²) in [6.45, 7) is 0.809. The van der Waals surface area contributed by atoms with Gasteiger partial charge in [0.25, 0.3) is 0 Å². The summed E-state index contributed by atoms with van der Waals surface area (Å²) in [7, 11) is -3.33. The molecule has 0 bridgehead atoms. The SMILES string of the molecule is O=C(CN(Cc1ccco1)[C@H]1CS(=O)(=O)C[C@@H]1O)NCCOc1ccccc1. The maximum atomic E-state index is 12.3. The van der Waals surface area contributed by atoms with Crippen LogP contribution < -0.4 is 10.1 Å². The molecule has 1 fully saturated rings. The average molecular weight is 408 g/mol. The average Bonchev–Trinajstić information content (AvgIpc) is 3.26. The Morgan fingerprint density at radius 2 is 2.00 bits per heavy atom. The highest BCUT2D eigenvalue weighted by molar-refractivity contribution is 7.91. The molecule has 2 N–H and O–H groups in total. The molecule has 1 amide bonds. The van der Waals surface area contributed by atoms with Crippen LogP contribution in [0.5, 0.6) is 5.75 Å². The van der Waals surface area contributed by atoms with Crippen molar-refractivity contribution in [2.45, 2.75) is 18.7 Å². The number of rotatable bonds is 9. The van der Waals surface area contributed by atoms with Gasteiger partial charge in [-0.2, -0.15) is 0 Å². The van der Waals surface area contributed by atoms with Crippen molar-refractivity contribution < 1.29 is 27.5 Å². The van der Waals surface area contributed by atoms with Crippen molar-refractivity contribution in [3.8, 4) is 5.75 Å². The second kappa shape index (κ2) is 9.22. The van der Waals surface area contributed by atoms with Crippen LogP contribution >= 0.6 is 0 Å². The zero-order chi connectivity index (χ0) is 20.0. The minimum Gasteiger partial charge on any atom is -0.492 e. The Hall–Kier alpha value is -2.36. The van der Waals surface area contributed by atoms with E-state index >= 15 is 0 Å². The summed E-state index contributed by atoms with van der Waals surface area (Å²) in [5.74, 6) is 0.560.